The van der Waals surface area contributed by atoms with E-state index in [0.29, 0.717) is 12.3 Å². The fourth-order valence-electron chi connectivity index (χ4n) is 3.16. The van der Waals surface area contributed by atoms with Gasteiger partial charge in [0.15, 0.2) is 0 Å². The van der Waals surface area contributed by atoms with Crippen LogP contribution in [0.4, 0.5) is 0 Å². The Hall–Kier alpha value is -1.49. The van der Waals surface area contributed by atoms with E-state index < -0.39 is 0 Å². The summed E-state index contributed by atoms with van der Waals surface area (Å²) in [5, 5.41) is 0. The van der Waals surface area contributed by atoms with Crippen molar-refractivity contribution in [3.63, 3.8) is 0 Å². The standard InChI is InChI=1S/C18H24O2/c1-6-7-13-8-9-14(11-13)20-17(19)16-15(10-12(2)3)18(16,4)5/h1,8,10,14-16H,7,9,11H2,2-5H3/t14?,15?,16-/m0/s1. The van der Waals surface area contributed by atoms with Crippen molar-refractivity contribution < 1.29 is 9.53 Å². The number of ether oxygens (including phenoxy) is 1. The van der Waals surface area contributed by atoms with Crippen LogP contribution >= 0.6 is 0 Å². The first-order valence-corrected chi connectivity index (χ1v) is 7.33. The highest BCUT2D eigenvalue weighted by atomic mass is 16.5. The fourth-order valence-corrected chi connectivity index (χ4v) is 3.16. The van der Waals surface area contributed by atoms with Gasteiger partial charge in [0.1, 0.15) is 6.10 Å². The zero-order valence-corrected chi connectivity index (χ0v) is 12.9. The second kappa shape index (κ2) is 5.48. The molecule has 2 rings (SSSR count). The van der Waals surface area contributed by atoms with E-state index in [1.807, 2.05) is 0 Å². The number of rotatable bonds is 4. The molecule has 2 aliphatic rings. The summed E-state index contributed by atoms with van der Waals surface area (Å²) in [5.41, 5.74) is 2.51. The first-order chi connectivity index (χ1) is 9.36. The Kier molecular flexibility index (Phi) is 4.09. The molecule has 108 valence electrons. The lowest BCUT2D eigenvalue weighted by Crippen LogP contribution is -2.18. The topological polar surface area (TPSA) is 26.3 Å². The summed E-state index contributed by atoms with van der Waals surface area (Å²) >= 11 is 0. The average Bonchev–Trinajstić information content (AvgIpc) is 2.70. The lowest BCUT2D eigenvalue weighted by atomic mass is 10.1. The van der Waals surface area contributed by atoms with Gasteiger partial charge in [0, 0.05) is 19.3 Å². The molecule has 0 N–H and O–H groups in total. The first-order valence-electron chi connectivity index (χ1n) is 7.33. The van der Waals surface area contributed by atoms with Crippen molar-refractivity contribution in [3.05, 3.63) is 23.3 Å². The second-order valence-corrected chi connectivity index (χ2v) is 6.81. The maximum atomic E-state index is 12.3. The molecular formula is C18H24O2. The number of hydrogen-bond donors (Lipinski definition) is 0. The lowest BCUT2D eigenvalue weighted by molar-refractivity contribution is -0.151. The Labute approximate surface area is 122 Å². The molecule has 1 saturated carbocycles. The highest BCUT2D eigenvalue weighted by Crippen LogP contribution is 2.60. The van der Waals surface area contributed by atoms with Crippen LogP contribution in [0.25, 0.3) is 0 Å². The predicted molar refractivity (Wildman–Crippen MR) is 80.8 cm³/mol. The molecule has 1 fully saturated rings. The van der Waals surface area contributed by atoms with Crippen molar-refractivity contribution in [3.8, 4) is 12.3 Å². The number of terminal acetylenes is 1. The minimum Gasteiger partial charge on any atom is -0.461 e. The van der Waals surface area contributed by atoms with Gasteiger partial charge in [-0.1, -0.05) is 37.1 Å². The Bertz CT molecular complexity index is 498. The molecule has 3 atom stereocenters. The van der Waals surface area contributed by atoms with Crippen LogP contribution in [0.1, 0.15) is 47.0 Å². The Morgan fingerprint density at radius 3 is 2.85 bits per heavy atom. The third kappa shape index (κ3) is 2.98. The Balaban J connectivity index is 1.89. The van der Waals surface area contributed by atoms with Gasteiger partial charge < -0.3 is 4.74 Å². The lowest BCUT2D eigenvalue weighted by Gasteiger charge is -2.12. The second-order valence-electron chi connectivity index (χ2n) is 6.81. The van der Waals surface area contributed by atoms with Gasteiger partial charge in [0.2, 0.25) is 0 Å². The van der Waals surface area contributed by atoms with Gasteiger partial charge in [-0.05, 0) is 25.2 Å². The molecule has 0 radical (unpaired) electrons. The van der Waals surface area contributed by atoms with Gasteiger partial charge in [-0.25, -0.2) is 0 Å². The van der Waals surface area contributed by atoms with E-state index in [1.54, 1.807) is 0 Å². The molecule has 20 heavy (non-hydrogen) atoms. The summed E-state index contributed by atoms with van der Waals surface area (Å²) in [6, 6.07) is 0. The maximum absolute atomic E-state index is 12.3. The molecule has 0 saturated heterocycles. The molecule has 0 bridgehead atoms. The zero-order chi connectivity index (χ0) is 14.9. The van der Waals surface area contributed by atoms with Crippen LogP contribution in [0, 0.1) is 29.6 Å². The molecule has 0 spiro atoms. The van der Waals surface area contributed by atoms with Gasteiger partial charge in [0.25, 0.3) is 0 Å². The van der Waals surface area contributed by atoms with E-state index in [0.717, 1.165) is 12.8 Å². The quantitative estimate of drug-likeness (QED) is 0.441. The van der Waals surface area contributed by atoms with Gasteiger partial charge in [-0.3, -0.25) is 4.79 Å². The van der Waals surface area contributed by atoms with Crippen molar-refractivity contribution in [2.75, 3.05) is 0 Å². The summed E-state index contributed by atoms with van der Waals surface area (Å²) in [6.45, 7) is 8.42. The normalized spacial score (nSPS) is 30.1. The molecule has 0 heterocycles. The number of carbonyl (C=O) groups is 1. The minimum atomic E-state index is -0.0437. The summed E-state index contributed by atoms with van der Waals surface area (Å²) < 4.78 is 5.67. The van der Waals surface area contributed by atoms with Gasteiger partial charge >= 0.3 is 5.97 Å². The molecule has 2 unspecified atom stereocenters. The summed E-state index contributed by atoms with van der Waals surface area (Å²) in [6.07, 6.45) is 11.9. The van der Waals surface area contributed by atoms with Crippen LogP contribution in [-0.4, -0.2) is 12.1 Å². The van der Waals surface area contributed by atoms with Gasteiger partial charge in [-0.15, -0.1) is 12.3 Å². The summed E-state index contributed by atoms with van der Waals surface area (Å²) in [4.78, 5) is 12.3. The van der Waals surface area contributed by atoms with Crippen LogP contribution in [0.15, 0.2) is 23.3 Å². The highest BCUT2D eigenvalue weighted by Gasteiger charge is 2.61. The Morgan fingerprint density at radius 2 is 2.25 bits per heavy atom. The number of hydrogen-bond acceptors (Lipinski definition) is 2. The van der Waals surface area contributed by atoms with Crippen molar-refractivity contribution in [1.29, 1.82) is 0 Å². The van der Waals surface area contributed by atoms with E-state index in [2.05, 4.69) is 45.8 Å². The van der Waals surface area contributed by atoms with Crippen molar-refractivity contribution in [1.82, 2.24) is 0 Å². The third-order valence-corrected chi connectivity index (χ3v) is 4.45. The molecule has 0 aromatic heterocycles. The molecule has 0 aliphatic heterocycles. The van der Waals surface area contributed by atoms with Crippen LogP contribution in [0.5, 0.6) is 0 Å². The summed E-state index contributed by atoms with van der Waals surface area (Å²) in [7, 11) is 0. The van der Waals surface area contributed by atoms with Crippen LogP contribution < -0.4 is 0 Å². The number of esters is 1. The smallest absolute Gasteiger partial charge is 0.310 e. The number of carbonyl (C=O) groups excluding carboxylic acids is 1. The van der Waals surface area contributed by atoms with Crippen LogP contribution in [0.2, 0.25) is 0 Å². The first kappa shape index (κ1) is 14.9. The summed E-state index contributed by atoms with van der Waals surface area (Å²) in [5.74, 6) is 2.93. The zero-order valence-electron chi connectivity index (χ0n) is 12.9. The fraction of sp³-hybridized carbons (Fsp3) is 0.611. The molecule has 0 amide bonds. The van der Waals surface area contributed by atoms with Crippen LogP contribution in [0.3, 0.4) is 0 Å². The Morgan fingerprint density at radius 1 is 1.55 bits per heavy atom. The van der Waals surface area contributed by atoms with E-state index in [1.165, 1.54) is 11.1 Å². The molecule has 0 aromatic rings. The molecule has 2 nitrogen and oxygen atoms in total. The van der Waals surface area contributed by atoms with E-state index in [4.69, 9.17) is 11.2 Å². The monoisotopic (exact) mass is 272 g/mol. The van der Waals surface area contributed by atoms with Crippen molar-refractivity contribution in [2.45, 2.75) is 53.1 Å². The third-order valence-electron chi connectivity index (χ3n) is 4.45. The van der Waals surface area contributed by atoms with E-state index in [9.17, 15) is 4.79 Å². The largest absolute Gasteiger partial charge is 0.461 e. The average molecular weight is 272 g/mol. The minimum absolute atomic E-state index is 0.00500. The SMILES string of the molecule is C#CCC1=CCC(OC(=O)[C@@H]2C(C=C(C)C)C2(C)C)C1. The van der Waals surface area contributed by atoms with Crippen molar-refractivity contribution >= 4 is 5.97 Å². The molecule has 2 heteroatoms. The number of allylic oxidation sites excluding steroid dienone is 2. The van der Waals surface area contributed by atoms with Gasteiger partial charge in [0.05, 0.1) is 5.92 Å². The highest BCUT2D eigenvalue weighted by molar-refractivity contribution is 5.78. The van der Waals surface area contributed by atoms with Crippen LogP contribution in [-0.2, 0) is 9.53 Å². The molecule has 2 aliphatic carbocycles. The van der Waals surface area contributed by atoms with E-state index in [-0.39, 0.29) is 23.4 Å². The van der Waals surface area contributed by atoms with E-state index >= 15 is 0 Å². The van der Waals surface area contributed by atoms with Gasteiger partial charge in [-0.2, -0.15) is 0 Å². The van der Waals surface area contributed by atoms with Crippen molar-refractivity contribution in [2.24, 2.45) is 17.3 Å². The maximum Gasteiger partial charge on any atom is 0.310 e. The predicted octanol–water partition coefficient (Wildman–Crippen LogP) is 3.88. The molecular weight excluding hydrogens is 248 g/mol. The molecule has 0 aromatic carbocycles.